The summed E-state index contributed by atoms with van der Waals surface area (Å²) in [5.41, 5.74) is 0.175. The molecular weight excluding hydrogens is 264 g/mol. The number of benzene rings is 1. The maximum absolute atomic E-state index is 14.0. The van der Waals surface area contributed by atoms with Crippen LogP contribution in [-0.4, -0.2) is 26.8 Å². The quantitative estimate of drug-likeness (QED) is 0.861. The van der Waals surface area contributed by atoms with E-state index in [0.29, 0.717) is 19.7 Å². The van der Waals surface area contributed by atoms with E-state index in [1.54, 1.807) is 0 Å². The summed E-state index contributed by atoms with van der Waals surface area (Å²) < 4.78 is 38.0. The summed E-state index contributed by atoms with van der Waals surface area (Å²) in [6.07, 6.45) is -0.512. The Kier molecular flexibility index (Phi) is 4.50. The van der Waals surface area contributed by atoms with Crippen LogP contribution in [0.25, 0.3) is 0 Å². The van der Waals surface area contributed by atoms with Gasteiger partial charge in [-0.15, -0.1) is 0 Å². The lowest BCUT2D eigenvalue weighted by molar-refractivity contribution is 0.0250. The van der Waals surface area contributed by atoms with E-state index >= 15 is 0 Å². The predicted octanol–water partition coefficient (Wildman–Crippen LogP) is 2.43. The monoisotopic (exact) mass is 277 g/mol. The Morgan fingerprint density at radius 1 is 1.50 bits per heavy atom. The Labute approximate surface area is 109 Å². The van der Waals surface area contributed by atoms with Gasteiger partial charge in [-0.05, 0) is 6.07 Å². The standard InChI is InChI=1S/C12H14ClF2NO2/c1-17-6-8-9(13)4-7(11(14)12(8)15)10-5-16-2-3-18-10/h4,10,16H,2-3,5-6H2,1H3. The largest absolute Gasteiger partial charge is 0.380 e. The maximum atomic E-state index is 14.0. The van der Waals surface area contributed by atoms with E-state index in [1.807, 2.05) is 0 Å². The van der Waals surface area contributed by atoms with Crippen LogP contribution in [0.2, 0.25) is 5.02 Å². The van der Waals surface area contributed by atoms with Gasteiger partial charge < -0.3 is 14.8 Å². The molecule has 0 radical (unpaired) electrons. The van der Waals surface area contributed by atoms with Crippen molar-refractivity contribution >= 4 is 11.6 Å². The van der Waals surface area contributed by atoms with Gasteiger partial charge >= 0.3 is 0 Å². The first-order valence-electron chi connectivity index (χ1n) is 5.62. The van der Waals surface area contributed by atoms with Gasteiger partial charge in [-0.2, -0.15) is 0 Å². The van der Waals surface area contributed by atoms with Crippen molar-refractivity contribution < 1.29 is 18.3 Å². The summed E-state index contributed by atoms with van der Waals surface area (Å²) in [5.74, 6) is -1.88. The molecule has 6 heteroatoms. The van der Waals surface area contributed by atoms with Gasteiger partial charge in [-0.1, -0.05) is 11.6 Å². The van der Waals surface area contributed by atoms with Crippen LogP contribution in [0.1, 0.15) is 17.2 Å². The number of hydrogen-bond acceptors (Lipinski definition) is 3. The van der Waals surface area contributed by atoms with Crippen molar-refractivity contribution in [1.29, 1.82) is 0 Å². The summed E-state index contributed by atoms with van der Waals surface area (Å²) >= 11 is 5.94. The average Bonchev–Trinajstić information content (AvgIpc) is 2.40. The molecule has 0 spiro atoms. The van der Waals surface area contributed by atoms with Crippen LogP contribution in [0.3, 0.4) is 0 Å². The molecule has 18 heavy (non-hydrogen) atoms. The van der Waals surface area contributed by atoms with E-state index in [9.17, 15) is 8.78 Å². The molecule has 1 saturated heterocycles. The van der Waals surface area contributed by atoms with Crippen molar-refractivity contribution in [3.05, 3.63) is 33.9 Å². The Balaban J connectivity index is 2.37. The molecule has 1 aliphatic rings. The second kappa shape index (κ2) is 5.93. The molecule has 1 N–H and O–H groups in total. The summed E-state index contributed by atoms with van der Waals surface area (Å²) in [6.45, 7) is 1.54. The van der Waals surface area contributed by atoms with E-state index in [2.05, 4.69) is 5.32 Å². The van der Waals surface area contributed by atoms with Gasteiger partial charge in [0.2, 0.25) is 0 Å². The van der Waals surface area contributed by atoms with Gasteiger partial charge in [0.25, 0.3) is 0 Å². The van der Waals surface area contributed by atoms with Crippen molar-refractivity contribution in [2.75, 3.05) is 26.8 Å². The van der Waals surface area contributed by atoms with Crippen molar-refractivity contribution in [3.63, 3.8) is 0 Å². The minimum Gasteiger partial charge on any atom is -0.380 e. The first-order valence-corrected chi connectivity index (χ1v) is 6.00. The Hall–Kier alpha value is -0.750. The fraction of sp³-hybridized carbons (Fsp3) is 0.500. The van der Waals surface area contributed by atoms with Crippen molar-refractivity contribution in [2.45, 2.75) is 12.7 Å². The molecule has 1 unspecified atom stereocenters. The van der Waals surface area contributed by atoms with Crippen molar-refractivity contribution in [3.8, 4) is 0 Å². The number of morpholine rings is 1. The fourth-order valence-corrected chi connectivity index (χ4v) is 2.18. The van der Waals surface area contributed by atoms with Gasteiger partial charge in [0.05, 0.1) is 19.3 Å². The lowest BCUT2D eigenvalue weighted by Gasteiger charge is -2.25. The SMILES string of the molecule is COCc1c(Cl)cc(C2CNCCO2)c(F)c1F. The molecular formula is C12H14ClF2NO2. The van der Waals surface area contributed by atoms with Gasteiger partial charge in [0.15, 0.2) is 11.6 Å². The third-order valence-electron chi connectivity index (χ3n) is 2.84. The minimum atomic E-state index is -0.964. The topological polar surface area (TPSA) is 30.5 Å². The molecule has 0 aromatic heterocycles. The summed E-state index contributed by atoms with van der Waals surface area (Å²) in [5, 5.41) is 3.21. The van der Waals surface area contributed by atoms with Gasteiger partial charge in [0, 0.05) is 36.3 Å². The molecule has 1 aromatic carbocycles. The number of methoxy groups -OCH3 is 1. The Morgan fingerprint density at radius 2 is 2.28 bits per heavy atom. The number of halogens is 3. The van der Waals surface area contributed by atoms with Crippen LogP contribution < -0.4 is 5.32 Å². The molecule has 3 nitrogen and oxygen atoms in total. The van der Waals surface area contributed by atoms with E-state index < -0.39 is 17.7 Å². The number of hydrogen-bond donors (Lipinski definition) is 1. The van der Waals surface area contributed by atoms with E-state index in [-0.39, 0.29) is 22.8 Å². The average molecular weight is 278 g/mol. The highest BCUT2D eigenvalue weighted by molar-refractivity contribution is 6.31. The molecule has 1 aromatic rings. The van der Waals surface area contributed by atoms with Crippen LogP contribution in [-0.2, 0) is 16.1 Å². The minimum absolute atomic E-state index is 0.0317. The summed E-state index contributed by atoms with van der Waals surface area (Å²) in [7, 11) is 1.40. The predicted molar refractivity (Wildman–Crippen MR) is 63.6 cm³/mol. The highest BCUT2D eigenvalue weighted by Gasteiger charge is 2.25. The van der Waals surface area contributed by atoms with E-state index in [4.69, 9.17) is 21.1 Å². The van der Waals surface area contributed by atoms with Crippen LogP contribution in [0, 0.1) is 11.6 Å². The van der Waals surface area contributed by atoms with Crippen molar-refractivity contribution in [2.24, 2.45) is 0 Å². The molecule has 1 heterocycles. The molecule has 0 bridgehead atoms. The third-order valence-corrected chi connectivity index (χ3v) is 3.18. The summed E-state index contributed by atoms with van der Waals surface area (Å²) in [6, 6.07) is 1.41. The molecule has 1 fully saturated rings. The molecule has 2 rings (SSSR count). The fourth-order valence-electron chi connectivity index (χ4n) is 1.93. The van der Waals surface area contributed by atoms with Crippen molar-refractivity contribution in [1.82, 2.24) is 5.32 Å². The van der Waals surface area contributed by atoms with Crippen LogP contribution in [0.15, 0.2) is 6.07 Å². The Morgan fingerprint density at radius 3 is 2.89 bits per heavy atom. The zero-order valence-electron chi connectivity index (χ0n) is 9.93. The van der Waals surface area contributed by atoms with E-state index in [0.717, 1.165) is 0 Å². The van der Waals surface area contributed by atoms with Crippen LogP contribution in [0.4, 0.5) is 8.78 Å². The zero-order valence-corrected chi connectivity index (χ0v) is 10.7. The van der Waals surface area contributed by atoms with Crippen LogP contribution in [0.5, 0.6) is 0 Å². The maximum Gasteiger partial charge on any atom is 0.166 e. The van der Waals surface area contributed by atoms with Gasteiger partial charge in [-0.25, -0.2) is 8.78 Å². The first kappa shape index (κ1) is 13.7. The zero-order chi connectivity index (χ0) is 13.1. The number of nitrogens with one attached hydrogen (secondary N) is 1. The lowest BCUT2D eigenvalue weighted by Crippen LogP contribution is -2.34. The molecule has 100 valence electrons. The highest BCUT2D eigenvalue weighted by Crippen LogP contribution is 2.30. The lowest BCUT2D eigenvalue weighted by atomic mass is 10.0. The molecule has 1 aliphatic heterocycles. The van der Waals surface area contributed by atoms with Gasteiger partial charge in [0.1, 0.15) is 0 Å². The first-order chi connectivity index (χ1) is 8.65. The molecule has 0 amide bonds. The normalized spacial score (nSPS) is 20.1. The Bertz CT molecular complexity index is 437. The summed E-state index contributed by atoms with van der Waals surface area (Å²) in [4.78, 5) is 0. The number of ether oxygens (including phenoxy) is 2. The molecule has 1 atom stereocenters. The third kappa shape index (κ3) is 2.64. The van der Waals surface area contributed by atoms with Gasteiger partial charge in [-0.3, -0.25) is 0 Å². The number of rotatable bonds is 3. The smallest absolute Gasteiger partial charge is 0.166 e. The highest BCUT2D eigenvalue weighted by atomic mass is 35.5. The second-order valence-corrected chi connectivity index (χ2v) is 4.46. The molecule has 0 saturated carbocycles. The van der Waals surface area contributed by atoms with E-state index in [1.165, 1.54) is 13.2 Å². The second-order valence-electron chi connectivity index (χ2n) is 4.05. The molecule has 0 aliphatic carbocycles. The van der Waals surface area contributed by atoms with Crippen LogP contribution >= 0.6 is 11.6 Å².